The maximum atomic E-state index is 13.0. The molecule has 3 aromatic rings. The molecule has 1 fully saturated rings. The van der Waals surface area contributed by atoms with Gasteiger partial charge >= 0.3 is 0 Å². The lowest BCUT2D eigenvalue weighted by Crippen LogP contribution is -2.51. The third-order valence-electron chi connectivity index (χ3n) is 5.28. The number of carbonyl (C=O) groups excluding carboxylic acids is 1. The molecule has 29 heavy (non-hydrogen) atoms. The molecule has 4 rings (SSSR count). The Morgan fingerprint density at radius 1 is 1.00 bits per heavy atom. The van der Waals surface area contributed by atoms with Crippen LogP contribution in [-0.4, -0.2) is 48.2 Å². The number of anilines is 1. The van der Waals surface area contributed by atoms with E-state index in [4.69, 9.17) is 11.6 Å². The zero-order valence-electron chi connectivity index (χ0n) is 16.0. The number of nitrogens with one attached hydrogen (secondary N) is 2. The van der Waals surface area contributed by atoms with Crippen LogP contribution in [0.4, 0.5) is 5.69 Å². The van der Waals surface area contributed by atoms with Gasteiger partial charge in [-0.1, -0.05) is 54.1 Å². The van der Waals surface area contributed by atoms with E-state index in [2.05, 4.69) is 16.7 Å². The van der Waals surface area contributed by atoms with Gasteiger partial charge < -0.3 is 20.6 Å². The summed E-state index contributed by atoms with van der Waals surface area (Å²) in [4.78, 5) is 14.7. The molecule has 6 heteroatoms. The van der Waals surface area contributed by atoms with Crippen LogP contribution in [0.3, 0.4) is 0 Å². The Morgan fingerprint density at radius 2 is 1.76 bits per heavy atom. The van der Waals surface area contributed by atoms with E-state index < -0.39 is 12.1 Å². The Balaban J connectivity index is 1.64. The van der Waals surface area contributed by atoms with Gasteiger partial charge in [-0.05, 0) is 40.6 Å². The standard InChI is InChI=1S/C23H24ClN3O2/c24-19-7-3-6-18(14-19)21(22(28)23(29)27-12-10-25-11-13-27)26-20-9-8-16-4-1-2-5-17(16)15-20/h1-9,14-15,21-22,25-26,28H,10-13H2. The van der Waals surface area contributed by atoms with Crippen LogP contribution in [0.1, 0.15) is 11.6 Å². The van der Waals surface area contributed by atoms with Gasteiger partial charge in [0.05, 0.1) is 6.04 Å². The summed E-state index contributed by atoms with van der Waals surface area (Å²) in [6.45, 7) is 2.65. The fourth-order valence-corrected chi connectivity index (χ4v) is 3.92. The number of amides is 1. The summed E-state index contributed by atoms with van der Waals surface area (Å²) in [5, 5.41) is 20.4. The van der Waals surface area contributed by atoms with E-state index in [1.165, 1.54) is 0 Å². The fraction of sp³-hybridized carbons (Fsp3) is 0.261. The third kappa shape index (κ3) is 4.53. The van der Waals surface area contributed by atoms with Crippen molar-refractivity contribution in [3.05, 3.63) is 77.3 Å². The van der Waals surface area contributed by atoms with Crippen molar-refractivity contribution in [1.29, 1.82) is 0 Å². The van der Waals surface area contributed by atoms with Crippen molar-refractivity contribution in [2.24, 2.45) is 0 Å². The highest BCUT2D eigenvalue weighted by Gasteiger charge is 2.32. The summed E-state index contributed by atoms with van der Waals surface area (Å²) < 4.78 is 0. The number of aliphatic hydroxyl groups is 1. The first-order valence-electron chi connectivity index (χ1n) is 9.80. The van der Waals surface area contributed by atoms with Gasteiger partial charge in [0, 0.05) is 36.9 Å². The molecule has 0 saturated carbocycles. The van der Waals surface area contributed by atoms with Crippen LogP contribution in [0.5, 0.6) is 0 Å². The van der Waals surface area contributed by atoms with Crippen molar-refractivity contribution >= 4 is 34.0 Å². The molecule has 3 aromatic carbocycles. The molecular formula is C23H24ClN3O2. The summed E-state index contributed by atoms with van der Waals surface area (Å²) in [5.74, 6) is -0.273. The summed E-state index contributed by atoms with van der Waals surface area (Å²) in [6.07, 6.45) is -1.22. The van der Waals surface area contributed by atoms with E-state index in [0.717, 1.165) is 35.1 Å². The minimum Gasteiger partial charge on any atom is -0.381 e. The second-order valence-corrected chi connectivity index (χ2v) is 7.70. The molecule has 5 nitrogen and oxygen atoms in total. The average molecular weight is 410 g/mol. The molecule has 0 bridgehead atoms. The van der Waals surface area contributed by atoms with Crippen LogP contribution in [0.25, 0.3) is 10.8 Å². The van der Waals surface area contributed by atoms with E-state index in [-0.39, 0.29) is 5.91 Å². The Bertz CT molecular complexity index is 1000. The van der Waals surface area contributed by atoms with Crippen molar-refractivity contribution in [2.45, 2.75) is 12.1 Å². The second-order valence-electron chi connectivity index (χ2n) is 7.26. The normalized spacial score (nSPS) is 16.4. The van der Waals surface area contributed by atoms with Crippen LogP contribution in [-0.2, 0) is 4.79 Å². The van der Waals surface area contributed by atoms with Crippen molar-refractivity contribution in [1.82, 2.24) is 10.2 Å². The molecule has 1 heterocycles. The van der Waals surface area contributed by atoms with Gasteiger partial charge in [-0.15, -0.1) is 0 Å². The fourth-order valence-electron chi connectivity index (χ4n) is 3.72. The number of hydrogen-bond donors (Lipinski definition) is 3. The molecule has 1 amide bonds. The Morgan fingerprint density at radius 3 is 2.52 bits per heavy atom. The summed E-state index contributed by atoms with van der Waals surface area (Å²) in [5.41, 5.74) is 1.60. The average Bonchev–Trinajstić information content (AvgIpc) is 2.77. The van der Waals surface area contributed by atoms with Crippen LogP contribution in [0.15, 0.2) is 66.7 Å². The monoisotopic (exact) mass is 409 g/mol. The smallest absolute Gasteiger partial charge is 0.254 e. The molecule has 0 spiro atoms. The number of halogens is 1. The predicted octanol–water partition coefficient (Wildman–Crippen LogP) is 3.44. The van der Waals surface area contributed by atoms with E-state index in [1.54, 1.807) is 17.0 Å². The first-order chi connectivity index (χ1) is 14.1. The van der Waals surface area contributed by atoms with E-state index in [9.17, 15) is 9.90 Å². The quantitative estimate of drug-likeness (QED) is 0.604. The van der Waals surface area contributed by atoms with Gasteiger partial charge in [-0.2, -0.15) is 0 Å². The largest absolute Gasteiger partial charge is 0.381 e. The number of hydrogen-bond acceptors (Lipinski definition) is 4. The van der Waals surface area contributed by atoms with E-state index >= 15 is 0 Å². The molecule has 2 unspecified atom stereocenters. The number of carbonyl (C=O) groups is 1. The molecule has 1 aliphatic heterocycles. The van der Waals surface area contributed by atoms with Crippen LogP contribution in [0.2, 0.25) is 5.02 Å². The molecule has 2 atom stereocenters. The number of rotatable bonds is 5. The van der Waals surface area contributed by atoms with E-state index in [1.807, 2.05) is 48.5 Å². The lowest BCUT2D eigenvalue weighted by Gasteiger charge is -2.32. The van der Waals surface area contributed by atoms with Crippen LogP contribution >= 0.6 is 11.6 Å². The molecule has 3 N–H and O–H groups in total. The van der Waals surface area contributed by atoms with Crippen LogP contribution < -0.4 is 10.6 Å². The summed E-state index contributed by atoms with van der Waals surface area (Å²) in [6, 6.07) is 20.7. The van der Waals surface area contributed by atoms with Gasteiger partial charge in [-0.25, -0.2) is 0 Å². The van der Waals surface area contributed by atoms with E-state index in [0.29, 0.717) is 18.1 Å². The number of aliphatic hydroxyl groups excluding tert-OH is 1. The number of piperazine rings is 1. The van der Waals surface area contributed by atoms with Gasteiger partial charge in [0.15, 0.2) is 6.10 Å². The Kier molecular flexibility index (Phi) is 6.00. The highest BCUT2D eigenvalue weighted by molar-refractivity contribution is 6.30. The maximum absolute atomic E-state index is 13.0. The van der Waals surface area contributed by atoms with Gasteiger partial charge in [-0.3, -0.25) is 4.79 Å². The Hall–Kier alpha value is -2.60. The maximum Gasteiger partial charge on any atom is 0.254 e. The zero-order valence-corrected chi connectivity index (χ0v) is 16.8. The molecule has 0 radical (unpaired) electrons. The number of nitrogens with zero attached hydrogens (tertiary/aromatic N) is 1. The molecule has 0 aliphatic carbocycles. The van der Waals surface area contributed by atoms with Crippen molar-refractivity contribution < 1.29 is 9.90 Å². The zero-order chi connectivity index (χ0) is 20.2. The number of fused-ring (bicyclic) bond motifs is 1. The molecule has 150 valence electrons. The highest BCUT2D eigenvalue weighted by atomic mass is 35.5. The lowest BCUT2D eigenvalue weighted by atomic mass is 9.99. The summed E-state index contributed by atoms with van der Waals surface area (Å²) in [7, 11) is 0. The van der Waals surface area contributed by atoms with Crippen LogP contribution in [0, 0.1) is 0 Å². The molecule has 1 aliphatic rings. The molecular weight excluding hydrogens is 386 g/mol. The first kappa shape index (κ1) is 19.7. The minimum absolute atomic E-state index is 0.273. The second kappa shape index (κ2) is 8.82. The van der Waals surface area contributed by atoms with Crippen molar-refractivity contribution in [3.63, 3.8) is 0 Å². The topological polar surface area (TPSA) is 64.6 Å². The minimum atomic E-state index is -1.22. The van der Waals surface area contributed by atoms with Gasteiger partial charge in [0.2, 0.25) is 0 Å². The highest BCUT2D eigenvalue weighted by Crippen LogP contribution is 2.28. The first-order valence-corrected chi connectivity index (χ1v) is 10.2. The molecule has 1 saturated heterocycles. The van der Waals surface area contributed by atoms with Crippen molar-refractivity contribution in [3.8, 4) is 0 Å². The SMILES string of the molecule is O=C(C(O)C(Nc1ccc2ccccc2c1)c1cccc(Cl)c1)N1CCNCC1. The Labute approximate surface area is 175 Å². The van der Waals surface area contributed by atoms with Crippen molar-refractivity contribution in [2.75, 3.05) is 31.5 Å². The lowest BCUT2D eigenvalue weighted by molar-refractivity contribution is -0.141. The summed E-state index contributed by atoms with van der Waals surface area (Å²) >= 11 is 6.19. The predicted molar refractivity (Wildman–Crippen MR) is 117 cm³/mol. The number of benzene rings is 3. The molecule has 0 aromatic heterocycles. The third-order valence-corrected chi connectivity index (χ3v) is 5.51. The van der Waals surface area contributed by atoms with Gasteiger partial charge in [0.1, 0.15) is 0 Å². The van der Waals surface area contributed by atoms with Gasteiger partial charge in [0.25, 0.3) is 5.91 Å².